The van der Waals surface area contributed by atoms with Crippen molar-refractivity contribution < 1.29 is 9.47 Å². The summed E-state index contributed by atoms with van der Waals surface area (Å²) in [6, 6.07) is 14.4. The lowest BCUT2D eigenvalue weighted by Gasteiger charge is -2.18. The fraction of sp³-hybridized carbons (Fsp3) is 0.409. The van der Waals surface area contributed by atoms with Gasteiger partial charge in [0.25, 0.3) is 0 Å². The Balaban J connectivity index is 1.93. The number of guanidine groups is 1. The Kier molecular flexibility index (Phi) is 8.62. The molecule has 2 aromatic carbocycles. The van der Waals surface area contributed by atoms with E-state index in [4.69, 9.17) is 9.47 Å². The van der Waals surface area contributed by atoms with Crippen LogP contribution in [0.25, 0.3) is 0 Å². The zero-order chi connectivity index (χ0) is 20.4. The van der Waals surface area contributed by atoms with Gasteiger partial charge in [0.05, 0.1) is 14.2 Å². The average molecular weight is 385 g/mol. The van der Waals surface area contributed by atoms with Crippen LogP contribution in [-0.4, -0.2) is 45.2 Å². The Bertz CT molecular complexity index is 756. The van der Waals surface area contributed by atoms with E-state index in [1.54, 1.807) is 21.3 Å². The lowest BCUT2D eigenvalue weighted by Crippen LogP contribution is -2.30. The first-order chi connectivity index (χ1) is 13.6. The first-order valence-electron chi connectivity index (χ1n) is 9.63. The second-order valence-corrected chi connectivity index (χ2v) is 6.40. The van der Waals surface area contributed by atoms with E-state index in [9.17, 15) is 0 Å². The molecular weight excluding hydrogens is 352 g/mol. The van der Waals surface area contributed by atoms with Crippen molar-refractivity contribution in [2.45, 2.75) is 26.9 Å². The fourth-order valence-electron chi connectivity index (χ4n) is 2.88. The fourth-order valence-corrected chi connectivity index (χ4v) is 2.88. The largest absolute Gasteiger partial charge is 0.493 e. The van der Waals surface area contributed by atoms with E-state index >= 15 is 0 Å². The molecule has 0 fully saturated rings. The molecule has 0 aliphatic rings. The van der Waals surface area contributed by atoms with Gasteiger partial charge in [0, 0.05) is 31.9 Å². The van der Waals surface area contributed by atoms with Crippen molar-refractivity contribution in [3.8, 4) is 11.5 Å². The van der Waals surface area contributed by atoms with Crippen LogP contribution in [0.4, 0.5) is 5.69 Å². The van der Waals surface area contributed by atoms with Crippen LogP contribution in [0.3, 0.4) is 0 Å². The highest BCUT2D eigenvalue weighted by Crippen LogP contribution is 2.29. The summed E-state index contributed by atoms with van der Waals surface area (Å²) in [5.41, 5.74) is 3.42. The molecule has 0 saturated heterocycles. The van der Waals surface area contributed by atoms with E-state index in [-0.39, 0.29) is 0 Å². The van der Waals surface area contributed by atoms with Crippen molar-refractivity contribution in [3.05, 3.63) is 53.6 Å². The second-order valence-electron chi connectivity index (χ2n) is 6.40. The summed E-state index contributed by atoms with van der Waals surface area (Å²) >= 11 is 0. The number of nitrogens with zero attached hydrogens (tertiary/aromatic N) is 2. The molecule has 6 nitrogen and oxygen atoms in total. The molecule has 152 valence electrons. The van der Waals surface area contributed by atoms with Gasteiger partial charge in [0.15, 0.2) is 17.5 Å². The summed E-state index contributed by atoms with van der Waals surface area (Å²) in [5.74, 6) is 2.06. The topological polar surface area (TPSA) is 58.1 Å². The predicted octanol–water partition coefficient (Wildman–Crippen LogP) is 3.73. The summed E-state index contributed by atoms with van der Waals surface area (Å²) in [7, 11) is 5.00. The van der Waals surface area contributed by atoms with E-state index in [2.05, 4.69) is 58.6 Å². The maximum Gasteiger partial charge on any atom is 0.195 e. The minimum absolute atomic E-state index is 0.673. The molecule has 2 rings (SSSR count). The van der Waals surface area contributed by atoms with Gasteiger partial charge in [-0.25, -0.2) is 0 Å². The van der Waals surface area contributed by atoms with Crippen LogP contribution in [0.2, 0.25) is 0 Å². The molecule has 28 heavy (non-hydrogen) atoms. The number of hydrogen-bond acceptors (Lipinski definition) is 4. The molecule has 0 spiro atoms. The van der Waals surface area contributed by atoms with Crippen molar-refractivity contribution in [2.75, 3.05) is 39.7 Å². The van der Waals surface area contributed by atoms with Crippen LogP contribution in [0.5, 0.6) is 11.5 Å². The first kappa shape index (κ1) is 21.6. The van der Waals surface area contributed by atoms with Crippen molar-refractivity contribution in [1.82, 2.24) is 10.2 Å². The molecule has 2 N–H and O–H groups in total. The molecule has 0 aliphatic carbocycles. The number of nitrogens with one attached hydrogen (secondary N) is 2. The highest BCUT2D eigenvalue weighted by Gasteiger charge is 2.07. The number of hydrogen-bond donors (Lipinski definition) is 2. The molecule has 0 atom stereocenters. The van der Waals surface area contributed by atoms with Crippen molar-refractivity contribution in [2.24, 2.45) is 4.99 Å². The smallest absolute Gasteiger partial charge is 0.195 e. The maximum atomic E-state index is 5.35. The van der Waals surface area contributed by atoms with Gasteiger partial charge < -0.3 is 20.1 Å². The highest BCUT2D eigenvalue weighted by molar-refractivity contribution is 5.93. The van der Waals surface area contributed by atoms with Gasteiger partial charge in [0.2, 0.25) is 0 Å². The minimum atomic E-state index is 0.673. The van der Waals surface area contributed by atoms with Gasteiger partial charge in [-0.2, -0.15) is 0 Å². The molecule has 0 radical (unpaired) electrons. The van der Waals surface area contributed by atoms with Gasteiger partial charge in [-0.15, -0.1) is 0 Å². The Morgan fingerprint density at radius 1 is 0.929 bits per heavy atom. The van der Waals surface area contributed by atoms with Crippen LogP contribution in [0, 0.1) is 0 Å². The second kappa shape index (κ2) is 11.2. The van der Waals surface area contributed by atoms with E-state index in [0.29, 0.717) is 24.0 Å². The molecule has 0 unspecified atom stereocenters. The monoisotopic (exact) mass is 384 g/mol. The number of methoxy groups -OCH3 is 2. The minimum Gasteiger partial charge on any atom is -0.493 e. The van der Waals surface area contributed by atoms with E-state index < -0.39 is 0 Å². The molecule has 0 heterocycles. The molecule has 0 aliphatic heterocycles. The Labute approximate surface area is 168 Å². The van der Waals surface area contributed by atoms with Crippen LogP contribution in [0.1, 0.15) is 25.0 Å². The van der Waals surface area contributed by atoms with Gasteiger partial charge in [-0.3, -0.25) is 9.89 Å². The molecular formula is C22H32N4O2. The van der Waals surface area contributed by atoms with Crippen LogP contribution in [0.15, 0.2) is 47.5 Å². The third-order valence-corrected chi connectivity index (χ3v) is 4.65. The zero-order valence-electron chi connectivity index (χ0n) is 17.6. The predicted molar refractivity (Wildman–Crippen MR) is 116 cm³/mol. The van der Waals surface area contributed by atoms with Gasteiger partial charge in [-0.05, 0) is 36.3 Å². The Morgan fingerprint density at radius 2 is 1.57 bits per heavy atom. The van der Waals surface area contributed by atoms with Crippen LogP contribution in [-0.2, 0) is 13.1 Å². The molecule has 0 saturated carbocycles. The van der Waals surface area contributed by atoms with Crippen molar-refractivity contribution in [3.63, 3.8) is 0 Å². The number of benzene rings is 2. The third-order valence-electron chi connectivity index (χ3n) is 4.65. The van der Waals surface area contributed by atoms with Crippen LogP contribution < -0.4 is 20.1 Å². The van der Waals surface area contributed by atoms with Gasteiger partial charge in [-0.1, -0.05) is 38.1 Å². The van der Waals surface area contributed by atoms with Crippen molar-refractivity contribution in [1.29, 1.82) is 0 Å². The summed E-state index contributed by atoms with van der Waals surface area (Å²) in [4.78, 5) is 6.70. The van der Waals surface area contributed by atoms with Gasteiger partial charge in [0.1, 0.15) is 0 Å². The molecule has 0 amide bonds. The Morgan fingerprint density at radius 3 is 2.14 bits per heavy atom. The average Bonchev–Trinajstić information content (AvgIpc) is 2.75. The van der Waals surface area contributed by atoms with E-state index in [0.717, 1.165) is 25.3 Å². The van der Waals surface area contributed by atoms with E-state index in [1.165, 1.54) is 11.1 Å². The summed E-state index contributed by atoms with van der Waals surface area (Å²) in [6.07, 6.45) is 0. The summed E-state index contributed by atoms with van der Waals surface area (Å²) < 4.78 is 10.6. The summed E-state index contributed by atoms with van der Waals surface area (Å²) in [6.45, 7) is 8.20. The maximum absolute atomic E-state index is 5.35. The van der Waals surface area contributed by atoms with Crippen LogP contribution >= 0.6 is 0 Å². The third kappa shape index (κ3) is 6.16. The lowest BCUT2D eigenvalue weighted by molar-refractivity contribution is 0.296. The standard InChI is InChI=1S/C22H32N4O2/c1-6-26(7-2)16-18-10-8-17(9-11-18)15-24-22(23-3)25-19-12-13-20(27-4)21(14-19)28-5/h8-14H,6-7,15-16H2,1-5H3,(H2,23,24,25). The molecule has 0 bridgehead atoms. The first-order valence-corrected chi connectivity index (χ1v) is 9.63. The van der Waals surface area contributed by atoms with Gasteiger partial charge >= 0.3 is 0 Å². The number of anilines is 1. The molecule has 6 heteroatoms. The SMILES string of the molecule is CCN(CC)Cc1ccc(CNC(=NC)Nc2ccc(OC)c(OC)c2)cc1. The number of rotatable bonds is 9. The molecule has 0 aromatic heterocycles. The summed E-state index contributed by atoms with van der Waals surface area (Å²) in [5, 5.41) is 6.61. The highest BCUT2D eigenvalue weighted by atomic mass is 16.5. The van der Waals surface area contributed by atoms with E-state index in [1.807, 2.05) is 18.2 Å². The number of aliphatic imine (C=N–C) groups is 1. The number of ether oxygens (including phenoxy) is 2. The quantitative estimate of drug-likeness (QED) is 0.510. The zero-order valence-corrected chi connectivity index (χ0v) is 17.6. The normalized spacial score (nSPS) is 11.4. The molecule has 2 aromatic rings. The van der Waals surface area contributed by atoms with Crippen molar-refractivity contribution >= 4 is 11.6 Å². The Hall–Kier alpha value is -2.73. The lowest BCUT2D eigenvalue weighted by atomic mass is 10.1.